The molecule has 0 amide bonds. The van der Waals surface area contributed by atoms with Gasteiger partial charge in [-0.25, -0.2) is 0 Å². The van der Waals surface area contributed by atoms with Gasteiger partial charge in [0.05, 0.1) is 12.7 Å². The van der Waals surface area contributed by atoms with E-state index >= 15 is 0 Å². The molecule has 0 aromatic rings. The lowest BCUT2D eigenvalue weighted by molar-refractivity contribution is -0.0125. The maximum atomic E-state index is 9.13. The average Bonchev–Trinajstić information content (AvgIpc) is 2.16. The SMILES string of the molecule is COCCCOC(CO)C(N)CC(C)C. The van der Waals surface area contributed by atoms with E-state index in [1.54, 1.807) is 7.11 Å². The molecule has 0 heterocycles. The Hall–Kier alpha value is -0.160. The third-order valence-electron chi connectivity index (χ3n) is 2.23. The van der Waals surface area contributed by atoms with Crippen molar-refractivity contribution in [2.45, 2.75) is 38.8 Å². The van der Waals surface area contributed by atoms with Gasteiger partial charge in [-0.05, 0) is 18.8 Å². The smallest absolute Gasteiger partial charge is 0.0956 e. The third-order valence-corrected chi connectivity index (χ3v) is 2.23. The van der Waals surface area contributed by atoms with E-state index < -0.39 is 0 Å². The first-order valence-corrected chi connectivity index (χ1v) is 5.58. The van der Waals surface area contributed by atoms with Crippen molar-refractivity contribution >= 4 is 0 Å². The van der Waals surface area contributed by atoms with Crippen LogP contribution in [0, 0.1) is 5.92 Å². The molecule has 0 aliphatic carbocycles. The molecular weight excluding hydrogens is 194 g/mol. The molecule has 0 aliphatic heterocycles. The zero-order chi connectivity index (χ0) is 11.7. The van der Waals surface area contributed by atoms with Crippen LogP contribution in [-0.2, 0) is 9.47 Å². The van der Waals surface area contributed by atoms with Crippen LogP contribution in [0.15, 0.2) is 0 Å². The highest BCUT2D eigenvalue weighted by Gasteiger charge is 2.18. The second kappa shape index (κ2) is 9.09. The van der Waals surface area contributed by atoms with E-state index in [-0.39, 0.29) is 18.8 Å². The number of nitrogens with two attached hydrogens (primary N) is 1. The molecule has 0 bridgehead atoms. The van der Waals surface area contributed by atoms with Crippen LogP contribution in [0.25, 0.3) is 0 Å². The largest absolute Gasteiger partial charge is 0.394 e. The van der Waals surface area contributed by atoms with E-state index in [1.165, 1.54) is 0 Å². The Bertz CT molecular complexity index is 142. The Morgan fingerprint density at radius 2 is 1.93 bits per heavy atom. The van der Waals surface area contributed by atoms with Crippen molar-refractivity contribution in [1.29, 1.82) is 0 Å². The van der Waals surface area contributed by atoms with Gasteiger partial charge in [-0.3, -0.25) is 0 Å². The summed E-state index contributed by atoms with van der Waals surface area (Å²) in [6, 6.07) is -0.0856. The molecule has 0 spiro atoms. The Labute approximate surface area is 92.7 Å². The van der Waals surface area contributed by atoms with Crippen molar-refractivity contribution in [2.75, 3.05) is 26.9 Å². The summed E-state index contributed by atoms with van der Waals surface area (Å²) in [5.74, 6) is 0.525. The van der Waals surface area contributed by atoms with Gasteiger partial charge in [0.2, 0.25) is 0 Å². The van der Waals surface area contributed by atoms with Crippen LogP contribution in [0.2, 0.25) is 0 Å². The lowest BCUT2D eigenvalue weighted by atomic mass is 10.0. The minimum Gasteiger partial charge on any atom is -0.394 e. The second-order valence-electron chi connectivity index (χ2n) is 4.23. The number of aliphatic hydroxyl groups is 1. The van der Waals surface area contributed by atoms with Crippen molar-refractivity contribution in [3.63, 3.8) is 0 Å². The highest BCUT2D eigenvalue weighted by atomic mass is 16.5. The van der Waals surface area contributed by atoms with E-state index in [0.717, 1.165) is 12.8 Å². The van der Waals surface area contributed by atoms with Crippen molar-refractivity contribution < 1.29 is 14.6 Å². The molecule has 15 heavy (non-hydrogen) atoms. The maximum Gasteiger partial charge on any atom is 0.0956 e. The van der Waals surface area contributed by atoms with Crippen LogP contribution in [-0.4, -0.2) is 44.2 Å². The molecule has 0 radical (unpaired) electrons. The van der Waals surface area contributed by atoms with Gasteiger partial charge in [0.1, 0.15) is 0 Å². The molecule has 2 atom stereocenters. The highest BCUT2D eigenvalue weighted by Crippen LogP contribution is 2.08. The standard InChI is InChI=1S/C11H25NO3/c1-9(2)7-10(12)11(8-13)15-6-4-5-14-3/h9-11,13H,4-8,12H2,1-3H3. The van der Waals surface area contributed by atoms with E-state index in [2.05, 4.69) is 13.8 Å². The van der Waals surface area contributed by atoms with E-state index in [4.69, 9.17) is 20.3 Å². The van der Waals surface area contributed by atoms with Crippen LogP contribution in [0.1, 0.15) is 26.7 Å². The number of aliphatic hydroxyl groups excluding tert-OH is 1. The van der Waals surface area contributed by atoms with Crippen molar-refractivity contribution in [2.24, 2.45) is 11.7 Å². The Morgan fingerprint density at radius 1 is 1.27 bits per heavy atom. The van der Waals surface area contributed by atoms with Crippen LogP contribution >= 0.6 is 0 Å². The summed E-state index contributed by atoms with van der Waals surface area (Å²) in [4.78, 5) is 0. The molecule has 4 nitrogen and oxygen atoms in total. The molecule has 0 saturated carbocycles. The Kier molecular flexibility index (Phi) is 9.00. The predicted octanol–water partition coefficient (Wildman–Crippen LogP) is 0.774. The van der Waals surface area contributed by atoms with Crippen LogP contribution in [0.5, 0.6) is 0 Å². The first-order valence-electron chi connectivity index (χ1n) is 5.58. The van der Waals surface area contributed by atoms with Crippen LogP contribution < -0.4 is 5.73 Å². The fourth-order valence-electron chi connectivity index (χ4n) is 1.45. The van der Waals surface area contributed by atoms with Crippen molar-refractivity contribution in [3.8, 4) is 0 Å². The van der Waals surface area contributed by atoms with Gasteiger partial charge in [0.25, 0.3) is 0 Å². The van der Waals surface area contributed by atoms with Gasteiger partial charge in [-0.15, -0.1) is 0 Å². The highest BCUT2D eigenvalue weighted by molar-refractivity contribution is 4.74. The molecule has 0 saturated heterocycles. The van der Waals surface area contributed by atoms with Gasteiger partial charge in [-0.2, -0.15) is 0 Å². The summed E-state index contributed by atoms with van der Waals surface area (Å²) in [6.45, 7) is 5.47. The predicted molar refractivity (Wildman–Crippen MR) is 60.7 cm³/mol. The maximum absolute atomic E-state index is 9.13. The lowest BCUT2D eigenvalue weighted by Crippen LogP contribution is -2.40. The molecule has 4 heteroatoms. The normalized spacial score (nSPS) is 15.6. The molecule has 0 rings (SSSR count). The quantitative estimate of drug-likeness (QED) is 0.562. The molecule has 0 aromatic heterocycles. The van der Waals surface area contributed by atoms with Crippen LogP contribution in [0.3, 0.4) is 0 Å². The minimum absolute atomic E-state index is 0.0130. The first kappa shape index (κ1) is 14.8. The summed E-state index contributed by atoms with van der Waals surface area (Å²) in [6.07, 6.45) is 1.46. The van der Waals surface area contributed by atoms with Gasteiger partial charge < -0.3 is 20.3 Å². The topological polar surface area (TPSA) is 64.7 Å². The fourth-order valence-corrected chi connectivity index (χ4v) is 1.45. The van der Waals surface area contributed by atoms with E-state index in [1.807, 2.05) is 0 Å². The summed E-state index contributed by atoms with van der Waals surface area (Å²) in [5.41, 5.74) is 5.93. The molecule has 0 fully saturated rings. The number of rotatable bonds is 9. The van der Waals surface area contributed by atoms with Gasteiger partial charge in [0, 0.05) is 26.4 Å². The molecule has 3 N–H and O–H groups in total. The number of methoxy groups -OCH3 is 1. The van der Waals surface area contributed by atoms with E-state index in [9.17, 15) is 0 Å². The van der Waals surface area contributed by atoms with Gasteiger partial charge in [0.15, 0.2) is 0 Å². The van der Waals surface area contributed by atoms with Gasteiger partial charge >= 0.3 is 0 Å². The summed E-state index contributed by atoms with van der Waals surface area (Å²) >= 11 is 0. The molecule has 92 valence electrons. The van der Waals surface area contributed by atoms with Crippen molar-refractivity contribution in [3.05, 3.63) is 0 Å². The Morgan fingerprint density at radius 3 is 2.40 bits per heavy atom. The average molecular weight is 219 g/mol. The minimum atomic E-state index is -0.246. The Balaban J connectivity index is 3.70. The monoisotopic (exact) mass is 219 g/mol. The summed E-state index contributed by atoms with van der Waals surface area (Å²) in [7, 11) is 1.66. The third kappa shape index (κ3) is 7.73. The van der Waals surface area contributed by atoms with Crippen LogP contribution in [0.4, 0.5) is 0 Å². The fraction of sp³-hybridized carbons (Fsp3) is 1.00. The van der Waals surface area contributed by atoms with E-state index in [0.29, 0.717) is 19.1 Å². The summed E-state index contributed by atoms with van der Waals surface area (Å²) in [5, 5.41) is 9.13. The lowest BCUT2D eigenvalue weighted by Gasteiger charge is -2.23. The number of ether oxygens (including phenoxy) is 2. The molecule has 0 aromatic carbocycles. The molecule has 0 aliphatic rings. The first-order chi connectivity index (χ1) is 7.11. The molecule has 2 unspecified atom stereocenters. The number of hydrogen-bond acceptors (Lipinski definition) is 4. The molecular formula is C11H25NO3. The zero-order valence-electron chi connectivity index (χ0n) is 10.1. The van der Waals surface area contributed by atoms with Crippen molar-refractivity contribution in [1.82, 2.24) is 0 Å². The second-order valence-corrected chi connectivity index (χ2v) is 4.23. The number of hydrogen-bond donors (Lipinski definition) is 2. The van der Waals surface area contributed by atoms with Gasteiger partial charge in [-0.1, -0.05) is 13.8 Å². The summed E-state index contributed by atoms with van der Waals surface area (Å²) < 4.78 is 10.4. The zero-order valence-corrected chi connectivity index (χ0v) is 10.1.